The van der Waals surface area contributed by atoms with E-state index in [2.05, 4.69) is 15.9 Å². The Morgan fingerprint density at radius 3 is 2.79 bits per heavy atom. The molecule has 0 saturated heterocycles. The summed E-state index contributed by atoms with van der Waals surface area (Å²) in [5.74, 6) is -0.301. The Hall–Kier alpha value is -0.450. The van der Waals surface area contributed by atoms with Gasteiger partial charge in [0.05, 0.1) is 0 Å². The standard InChI is InChI=1S/C10H13BrFNO/c11-7-3-1-4-8(12)10(7)9(13)5-2-6-14/h1,3-4,9,14H,2,5-6,13H2/t9-/m1/s1. The Morgan fingerprint density at radius 2 is 2.21 bits per heavy atom. The van der Waals surface area contributed by atoms with Crippen molar-refractivity contribution < 1.29 is 9.50 Å². The fraction of sp³-hybridized carbons (Fsp3) is 0.400. The van der Waals surface area contributed by atoms with Crippen LogP contribution in [0.25, 0.3) is 0 Å². The molecule has 0 fully saturated rings. The molecule has 0 radical (unpaired) electrons. The van der Waals surface area contributed by atoms with Gasteiger partial charge in [-0.2, -0.15) is 0 Å². The first-order chi connectivity index (χ1) is 6.66. The molecule has 1 atom stereocenters. The average Bonchev–Trinajstić information content (AvgIpc) is 2.14. The maximum Gasteiger partial charge on any atom is 0.129 e. The van der Waals surface area contributed by atoms with Gasteiger partial charge in [-0.15, -0.1) is 0 Å². The van der Waals surface area contributed by atoms with E-state index in [1.54, 1.807) is 12.1 Å². The van der Waals surface area contributed by atoms with E-state index in [9.17, 15) is 4.39 Å². The normalized spacial score (nSPS) is 12.9. The van der Waals surface area contributed by atoms with E-state index in [4.69, 9.17) is 10.8 Å². The molecule has 3 N–H and O–H groups in total. The van der Waals surface area contributed by atoms with E-state index in [1.165, 1.54) is 6.07 Å². The predicted molar refractivity (Wildman–Crippen MR) is 57.3 cm³/mol. The SMILES string of the molecule is N[C@H](CCCO)c1c(F)cccc1Br. The van der Waals surface area contributed by atoms with Crippen molar-refractivity contribution in [3.8, 4) is 0 Å². The van der Waals surface area contributed by atoms with Gasteiger partial charge in [-0.05, 0) is 25.0 Å². The second-order valence-corrected chi connectivity index (χ2v) is 3.96. The molecule has 0 unspecified atom stereocenters. The van der Waals surface area contributed by atoms with Gasteiger partial charge in [-0.1, -0.05) is 22.0 Å². The highest BCUT2D eigenvalue weighted by atomic mass is 79.9. The van der Waals surface area contributed by atoms with Crippen molar-refractivity contribution in [2.45, 2.75) is 18.9 Å². The minimum absolute atomic E-state index is 0.0831. The van der Waals surface area contributed by atoms with Gasteiger partial charge >= 0.3 is 0 Å². The predicted octanol–water partition coefficient (Wildman–Crippen LogP) is 2.36. The molecule has 4 heteroatoms. The molecular weight excluding hydrogens is 249 g/mol. The Labute approximate surface area is 91.1 Å². The summed E-state index contributed by atoms with van der Waals surface area (Å²) in [6.07, 6.45) is 1.16. The van der Waals surface area contributed by atoms with Crippen LogP contribution in [0.5, 0.6) is 0 Å². The Balaban J connectivity index is 2.82. The smallest absolute Gasteiger partial charge is 0.129 e. The zero-order valence-electron chi connectivity index (χ0n) is 7.71. The van der Waals surface area contributed by atoms with Crippen LogP contribution < -0.4 is 5.73 Å². The number of aliphatic hydroxyl groups is 1. The molecule has 0 aliphatic carbocycles. The maximum atomic E-state index is 13.4. The van der Waals surface area contributed by atoms with Crippen LogP contribution in [-0.2, 0) is 0 Å². The maximum absolute atomic E-state index is 13.4. The Kier molecular flexibility index (Phi) is 4.51. The summed E-state index contributed by atoms with van der Waals surface area (Å²) in [6.45, 7) is 0.0831. The zero-order valence-corrected chi connectivity index (χ0v) is 9.30. The second-order valence-electron chi connectivity index (χ2n) is 3.11. The Bertz CT molecular complexity index is 286. The van der Waals surface area contributed by atoms with E-state index < -0.39 is 0 Å². The van der Waals surface area contributed by atoms with Crippen molar-refractivity contribution in [3.63, 3.8) is 0 Å². The lowest BCUT2D eigenvalue weighted by Crippen LogP contribution is -2.13. The highest BCUT2D eigenvalue weighted by Crippen LogP contribution is 2.27. The zero-order chi connectivity index (χ0) is 10.6. The summed E-state index contributed by atoms with van der Waals surface area (Å²) < 4.78 is 14.0. The first-order valence-corrected chi connectivity index (χ1v) is 5.26. The quantitative estimate of drug-likeness (QED) is 0.874. The molecule has 1 aromatic rings. The number of halogens is 2. The molecular formula is C10H13BrFNO. The molecule has 2 nitrogen and oxygen atoms in total. The molecule has 0 aromatic heterocycles. The number of nitrogens with two attached hydrogens (primary N) is 1. The number of aliphatic hydroxyl groups excluding tert-OH is 1. The van der Waals surface area contributed by atoms with Crippen molar-refractivity contribution >= 4 is 15.9 Å². The van der Waals surface area contributed by atoms with Crippen LogP contribution in [0.1, 0.15) is 24.4 Å². The van der Waals surface area contributed by atoms with Crippen molar-refractivity contribution in [2.24, 2.45) is 5.73 Å². The average molecular weight is 262 g/mol. The van der Waals surface area contributed by atoms with Gasteiger partial charge in [0.15, 0.2) is 0 Å². The van der Waals surface area contributed by atoms with Gasteiger partial charge < -0.3 is 10.8 Å². The fourth-order valence-electron chi connectivity index (χ4n) is 1.32. The third-order valence-electron chi connectivity index (χ3n) is 2.04. The molecule has 0 aliphatic rings. The second kappa shape index (κ2) is 5.44. The molecule has 0 spiro atoms. The monoisotopic (exact) mass is 261 g/mol. The highest BCUT2D eigenvalue weighted by molar-refractivity contribution is 9.10. The molecule has 0 aliphatic heterocycles. The van der Waals surface area contributed by atoms with E-state index >= 15 is 0 Å². The van der Waals surface area contributed by atoms with Gasteiger partial charge in [-0.3, -0.25) is 0 Å². The molecule has 14 heavy (non-hydrogen) atoms. The van der Waals surface area contributed by atoms with Gasteiger partial charge in [0.2, 0.25) is 0 Å². The molecule has 1 rings (SSSR count). The van der Waals surface area contributed by atoms with Crippen LogP contribution >= 0.6 is 15.9 Å². The van der Waals surface area contributed by atoms with E-state index in [0.29, 0.717) is 22.9 Å². The molecule has 0 amide bonds. The highest BCUT2D eigenvalue weighted by Gasteiger charge is 2.13. The lowest BCUT2D eigenvalue weighted by atomic mass is 10.0. The molecule has 78 valence electrons. The van der Waals surface area contributed by atoms with Crippen LogP contribution in [0, 0.1) is 5.82 Å². The van der Waals surface area contributed by atoms with E-state index in [1.807, 2.05) is 0 Å². The summed E-state index contributed by atoms with van der Waals surface area (Å²) in [5.41, 5.74) is 6.29. The number of hydrogen-bond acceptors (Lipinski definition) is 2. The molecule has 0 bridgehead atoms. The molecule has 1 aromatic carbocycles. The lowest BCUT2D eigenvalue weighted by molar-refractivity contribution is 0.279. The topological polar surface area (TPSA) is 46.2 Å². The Morgan fingerprint density at radius 1 is 1.50 bits per heavy atom. The summed E-state index contributed by atoms with van der Waals surface area (Å²) in [5, 5.41) is 8.64. The van der Waals surface area contributed by atoms with Gasteiger partial charge in [0, 0.05) is 22.7 Å². The van der Waals surface area contributed by atoms with Gasteiger partial charge in [-0.25, -0.2) is 4.39 Å². The van der Waals surface area contributed by atoms with Crippen LogP contribution in [-0.4, -0.2) is 11.7 Å². The number of rotatable bonds is 4. The van der Waals surface area contributed by atoms with Crippen LogP contribution in [0.15, 0.2) is 22.7 Å². The summed E-state index contributed by atoms with van der Waals surface area (Å²) in [4.78, 5) is 0. The summed E-state index contributed by atoms with van der Waals surface area (Å²) >= 11 is 3.26. The van der Waals surface area contributed by atoms with Gasteiger partial charge in [0.1, 0.15) is 5.82 Å². The molecule has 0 heterocycles. The first kappa shape index (κ1) is 11.6. The minimum atomic E-state index is -0.363. The first-order valence-electron chi connectivity index (χ1n) is 4.47. The van der Waals surface area contributed by atoms with Crippen molar-refractivity contribution in [1.29, 1.82) is 0 Å². The van der Waals surface area contributed by atoms with Crippen molar-refractivity contribution in [1.82, 2.24) is 0 Å². The third kappa shape index (κ3) is 2.77. The van der Waals surface area contributed by atoms with Gasteiger partial charge in [0.25, 0.3) is 0 Å². The fourth-order valence-corrected chi connectivity index (χ4v) is 1.96. The number of hydrogen-bond donors (Lipinski definition) is 2. The van der Waals surface area contributed by atoms with Crippen molar-refractivity contribution in [3.05, 3.63) is 34.1 Å². The summed E-state index contributed by atoms with van der Waals surface area (Å²) in [6, 6.07) is 4.41. The third-order valence-corrected chi connectivity index (χ3v) is 2.74. The van der Waals surface area contributed by atoms with Crippen LogP contribution in [0.2, 0.25) is 0 Å². The van der Waals surface area contributed by atoms with Crippen LogP contribution in [0.3, 0.4) is 0 Å². The molecule has 0 saturated carbocycles. The van der Waals surface area contributed by atoms with Crippen molar-refractivity contribution in [2.75, 3.05) is 6.61 Å². The number of benzene rings is 1. The van der Waals surface area contributed by atoms with Crippen LogP contribution in [0.4, 0.5) is 4.39 Å². The minimum Gasteiger partial charge on any atom is -0.396 e. The van der Waals surface area contributed by atoms with E-state index in [-0.39, 0.29) is 18.5 Å². The largest absolute Gasteiger partial charge is 0.396 e. The lowest BCUT2D eigenvalue weighted by Gasteiger charge is -2.13. The summed E-state index contributed by atoms with van der Waals surface area (Å²) in [7, 11) is 0. The van der Waals surface area contributed by atoms with E-state index in [0.717, 1.165) is 0 Å².